The van der Waals surface area contributed by atoms with Crippen molar-refractivity contribution in [3.8, 4) is 5.69 Å². The van der Waals surface area contributed by atoms with Crippen molar-refractivity contribution in [2.75, 3.05) is 5.32 Å². The van der Waals surface area contributed by atoms with Gasteiger partial charge >= 0.3 is 0 Å². The Labute approximate surface area is 142 Å². The molecule has 110 valence electrons. The van der Waals surface area contributed by atoms with E-state index in [1.54, 1.807) is 23.0 Å². The molecule has 2 aromatic carbocycles. The summed E-state index contributed by atoms with van der Waals surface area (Å²) in [5, 5.41) is 7.08. The second-order valence-corrected chi connectivity index (χ2v) is 6.08. The molecule has 1 amide bonds. The van der Waals surface area contributed by atoms with E-state index in [0.29, 0.717) is 5.56 Å². The maximum atomic E-state index is 12.3. The third-order valence-electron chi connectivity index (χ3n) is 3.33. The second kappa shape index (κ2) is 6.31. The van der Waals surface area contributed by atoms with Crippen LogP contribution in [0.4, 0.5) is 5.69 Å². The molecule has 0 radical (unpaired) electrons. The van der Waals surface area contributed by atoms with Gasteiger partial charge in [-0.2, -0.15) is 5.10 Å². The van der Waals surface area contributed by atoms with Crippen molar-refractivity contribution in [1.29, 1.82) is 0 Å². The molecule has 1 aromatic heterocycles. The van der Waals surface area contributed by atoms with Crippen molar-refractivity contribution in [3.05, 3.63) is 75.6 Å². The molecule has 22 heavy (non-hydrogen) atoms. The lowest BCUT2D eigenvalue weighted by atomic mass is 10.2. The van der Waals surface area contributed by atoms with Crippen LogP contribution < -0.4 is 5.32 Å². The molecular formula is C17H14IN3O. The summed E-state index contributed by atoms with van der Waals surface area (Å²) in [6.07, 6.45) is 3.59. The number of anilines is 1. The van der Waals surface area contributed by atoms with E-state index in [1.807, 2.05) is 49.5 Å². The number of halogens is 1. The summed E-state index contributed by atoms with van der Waals surface area (Å²) in [7, 11) is 0. The summed E-state index contributed by atoms with van der Waals surface area (Å²) in [4.78, 5) is 12.3. The Hall–Kier alpha value is -2.15. The SMILES string of the molecule is Cc1ccc(NC(=O)c2ccc(-n3cccn3)cc2)cc1I. The van der Waals surface area contributed by atoms with Crippen molar-refractivity contribution in [3.63, 3.8) is 0 Å². The van der Waals surface area contributed by atoms with E-state index in [4.69, 9.17) is 0 Å². The molecule has 4 nitrogen and oxygen atoms in total. The van der Waals surface area contributed by atoms with Crippen LogP contribution in [-0.4, -0.2) is 15.7 Å². The molecule has 0 aliphatic heterocycles. The summed E-state index contributed by atoms with van der Waals surface area (Å²) in [5.41, 5.74) is 3.54. The van der Waals surface area contributed by atoms with Crippen molar-refractivity contribution in [2.24, 2.45) is 0 Å². The first-order valence-electron chi connectivity index (χ1n) is 6.81. The molecular weight excluding hydrogens is 389 g/mol. The highest BCUT2D eigenvalue weighted by Gasteiger charge is 2.07. The zero-order valence-electron chi connectivity index (χ0n) is 12.0. The highest BCUT2D eigenvalue weighted by atomic mass is 127. The number of nitrogens with one attached hydrogen (secondary N) is 1. The smallest absolute Gasteiger partial charge is 0.255 e. The molecule has 0 aliphatic rings. The van der Waals surface area contributed by atoms with Crippen LogP contribution in [0.3, 0.4) is 0 Å². The topological polar surface area (TPSA) is 46.9 Å². The molecule has 1 heterocycles. The zero-order chi connectivity index (χ0) is 15.5. The first-order valence-corrected chi connectivity index (χ1v) is 7.89. The first kappa shape index (κ1) is 14.8. The fourth-order valence-electron chi connectivity index (χ4n) is 2.06. The summed E-state index contributed by atoms with van der Waals surface area (Å²) < 4.78 is 2.88. The molecule has 0 atom stereocenters. The van der Waals surface area contributed by atoms with E-state index < -0.39 is 0 Å². The van der Waals surface area contributed by atoms with Gasteiger partial charge in [-0.25, -0.2) is 4.68 Å². The molecule has 0 aliphatic carbocycles. The van der Waals surface area contributed by atoms with Gasteiger partial charge in [0.1, 0.15) is 0 Å². The molecule has 0 bridgehead atoms. The van der Waals surface area contributed by atoms with E-state index >= 15 is 0 Å². The highest BCUT2D eigenvalue weighted by Crippen LogP contribution is 2.18. The molecule has 0 saturated carbocycles. The Balaban J connectivity index is 1.76. The average Bonchev–Trinajstić information content (AvgIpc) is 3.05. The Morgan fingerprint density at radius 3 is 2.59 bits per heavy atom. The minimum Gasteiger partial charge on any atom is -0.322 e. The van der Waals surface area contributed by atoms with E-state index in [1.165, 1.54) is 5.56 Å². The van der Waals surface area contributed by atoms with Gasteiger partial charge in [0.25, 0.3) is 5.91 Å². The lowest BCUT2D eigenvalue weighted by Crippen LogP contribution is -2.12. The minimum atomic E-state index is -0.119. The van der Waals surface area contributed by atoms with Crippen LogP contribution in [0.15, 0.2) is 60.9 Å². The van der Waals surface area contributed by atoms with Crippen LogP contribution in [0, 0.1) is 10.5 Å². The number of hydrogen-bond donors (Lipinski definition) is 1. The van der Waals surface area contributed by atoms with Gasteiger partial charge < -0.3 is 5.32 Å². The lowest BCUT2D eigenvalue weighted by molar-refractivity contribution is 0.102. The third kappa shape index (κ3) is 3.19. The van der Waals surface area contributed by atoms with Gasteiger partial charge in [0.2, 0.25) is 0 Å². The van der Waals surface area contributed by atoms with Gasteiger partial charge in [-0.1, -0.05) is 6.07 Å². The molecule has 5 heteroatoms. The van der Waals surface area contributed by atoms with Crippen LogP contribution in [0.5, 0.6) is 0 Å². The molecule has 0 saturated heterocycles. The largest absolute Gasteiger partial charge is 0.322 e. The number of benzene rings is 2. The summed E-state index contributed by atoms with van der Waals surface area (Å²) in [5.74, 6) is -0.119. The highest BCUT2D eigenvalue weighted by molar-refractivity contribution is 14.1. The lowest BCUT2D eigenvalue weighted by Gasteiger charge is -2.08. The van der Waals surface area contributed by atoms with Gasteiger partial charge in [-0.05, 0) is 77.5 Å². The van der Waals surface area contributed by atoms with Crippen molar-refractivity contribution >= 4 is 34.2 Å². The van der Waals surface area contributed by atoms with E-state index in [0.717, 1.165) is 14.9 Å². The molecule has 3 aromatic rings. The Bertz CT molecular complexity index is 795. The van der Waals surface area contributed by atoms with Crippen molar-refractivity contribution < 1.29 is 4.79 Å². The van der Waals surface area contributed by atoms with Crippen molar-refractivity contribution in [1.82, 2.24) is 9.78 Å². The number of aromatic nitrogens is 2. The molecule has 0 unspecified atom stereocenters. The van der Waals surface area contributed by atoms with E-state index in [-0.39, 0.29) is 5.91 Å². The molecule has 0 fully saturated rings. The van der Waals surface area contributed by atoms with E-state index in [2.05, 4.69) is 33.0 Å². The predicted molar refractivity (Wildman–Crippen MR) is 95.4 cm³/mol. The normalized spacial score (nSPS) is 10.5. The van der Waals surface area contributed by atoms with Gasteiger partial charge in [0, 0.05) is 27.2 Å². The molecule has 3 rings (SSSR count). The number of rotatable bonds is 3. The van der Waals surface area contributed by atoms with Crippen LogP contribution in [0.2, 0.25) is 0 Å². The molecule has 1 N–H and O–H groups in total. The number of hydrogen-bond acceptors (Lipinski definition) is 2. The number of nitrogens with zero attached hydrogens (tertiary/aromatic N) is 2. The summed E-state index contributed by atoms with van der Waals surface area (Å²) >= 11 is 2.26. The number of amides is 1. The summed E-state index contributed by atoms with van der Waals surface area (Å²) in [6.45, 7) is 2.04. The fourth-order valence-corrected chi connectivity index (χ4v) is 2.58. The third-order valence-corrected chi connectivity index (χ3v) is 4.49. The van der Waals surface area contributed by atoms with Crippen LogP contribution in [0.1, 0.15) is 15.9 Å². The van der Waals surface area contributed by atoms with Crippen LogP contribution in [-0.2, 0) is 0 Å². The Kier molecular flexibility index (Phi) is 4.24. The number of aryl methyl sites for hydroxylation is 1. The quantitative estimate of drug-likeness (QED) is 0.672. The van der Waals surface area contributed by atoms with Crippen LogP contribution >= 0.6 is 22.6 Å². The maximum absolute atomic E-state index is 12.3. The summed E-state index contributed by atoms with van der Waals surface area (Å²) in [6, 6.07) is 15.1. The van der Waals surface area contributed by atoms with Crippen LogP contribution in [0.25, 0.3) is 5.69 Å². The standard InChI is InChI=1S/C17H14IN3O/c1-12-3-6-14(11-16(12)18)20-17(22)13-4-7-15(8-5-13)21-10-2-9-19-21/h2-11H,1H3,(H,20,22). The average molecular weight is 403 g/mol. The van der Waals surface area contributed by atoms with Crippen molar-refractivity contribution in [2.45, 2.75) is 6.92 Å². The second-order valence-electron chi connectivity index (χ2n) is 4.92. The molecule has 0 spiro atoms. The predicted octanol–water partition coefficient (Wildman–Crippen LogP) is 4.04. The number of carbonyl (C=O) groups excluding carboxylic acids is 1. The van der Waals surface area contributed by atoms with E-state index in [9.17, 15) is 4.79 Å². The monoisotopic (exact) mass is 403 g/mol. The maximum Gasteiger partial charge on any atom is 0.255 e. The minimum absolute atomic E-state index is 0.119. The Morgan fingerprint density at radius 1 is 1.18 bits per heavy atom. The Morgan fingerprint density at radius 2 is 1.95 bits per heavy atom. The van der Waals surface area contributed by atoms with Gasteiger partial charge in [-0.15, -0.1) is 0 Å². The van der Waals surface area contributed by atoms with Gasteiger partial charge in [-0.3, -0.25) is 4.79 Å². The van der Waals surface area contributed by atoms with Gasteiger partial charge in [0.15, 0.2) is 0 Å². The first-order chi connectivity index (χ1) is 10.6. The number of carbonyl (C=O) groups is 1. The van der Waals surface area contributed by atoms with Gasteiger partial charge in [0.05, 0.1) is 5.69 Å². The zero-order valence-corrected chi connectivity index (χ0v) is 14.1. The fraction of sp³-hybridized carbons (Fsp3) is 0.0588.